The van der Waals surface area contributed by atoms with Gasteiger partial charge >= 0.3 is 0 Å². The standard InChI is InChI=1S/C15H23N3O/c1-10(16)15(17(2)3)12-5-7-13-11(9-12)6-8-14(19)18(13)4/h5,7,9-10,15H,6,8,16H2,1-4H3. The van der Waals surface area contributed by atoms with Crippen molar-refractivity contribution in [2.75, 3.05) is 26.0 Å². The average Bonchev–Trinajstić information content (AvgIpc) is 2.33. The van der Waals surface area contributed by atoms with E-state index in [-0.39, 0.29) is 18.0 Å². The summed E-state index contributed by atoms with van der Waals surface area (Å²) in [6.07, 6.45) is 1.42. The number of amides is 1. The summed E-state index contributed by atoms with van der Waals surface area (Å²) in [7, 11) is 5.93. The Bertz CT molecular complexity index is 474. The molecule has 19 heavy (non-hydrogen) atoms. The molecule has 1 heterocycles. The topological polar surface area (TPSA) is 49.6 Å². The molecular weight excluding hydrogens is 238 g/mol. The van der Waals surface area contributed by atoms with Gasteiger partial charge < -0.3 is 15.5 Å². The molecule has 2 rings (SSSR count). The number of likely N-dealkylation sites (N-methyl/N-ethyl adjacent to an activating group) is 1. The van der Waals surface area contributed by atoms with Crippen molar-refractivity contribution in [2.45, 2.75) is 31.8 Å². The van der Waals surface area contributed by atoms with E-state index in [1.165, 1.54) is 11.1 Å². The van der Waals surface area contributed by atoms with Crippen LogP contribution < -0.4 is 10.6 Å². The van der Waals surface area contributed by atoms with Gasteiger partial charge in [0.25, 0.3) is 0 Å². The van der Waals surface area contributed by atoms with Gasteiger partial charge in [0.2, 0.25) is 5.91 Å². The van der Waals surface area contributed by atoms with Crippen LogP contribution in [0.5, 0.6) is 0 Å². The predicted octanol–water partition coefficient (Wildman–Crippen LogP) is 1.55. The Hall–Kier alpha value is -1.39. The fraction of sp³-hybridized carbons (Fsp3) is 0.533. The molecule has 104 valence electrons. The number of anilines is 1. The van der Waals surface area contributed by atoms with Crippen molar-refractivity contribution in [1.82, 2.24) is 4.90 Å². The molecule has 4 heteroatoms. The van der Waals surface area contributed by atoms with E-state index in [2.05, 4.69) is 17.0 Å². The summed E-state index contributed by atoms with van der Waals surface area (Å²) in [5, 5.41) is 0. The summed E-state index contributed by atoms with van der Waals surface area (Å²) in [6.45, 7) is 2.03. The highest BCUT2D eigenvalue weighted by Gasteiger charge is 2.24. The van der Waals surface area contributed by atoms with Gasteiger partial charge in [-0.1, -0.05) is 12.1 Å². The normalized spacial score (nSPS) is 18.4. The largest absolute Gasteiger partial charge is 0.326 e. The lowest BCUT2D eigenvalue weighted by Crippen LogP contribution is -2.35. The van der Waals surface area contributed by atoms with Crippen LogP contribution in [0, 0.1) is 0 Å². The number of nitrogens with two attached hydrogens (primary N) is 1. The fourth-order valence-corrected chi connectivity index (χ4v) is 2.93. The molecule has 4 nitrogen and oxygen atoms in total. The number of benzene rings is 1. The van der Waals surface area contributed by atoms with Crippen molar-refractivity contribution < 1.29 is 4.79 Å². The average molecular weight is 261 g/mol. The van der Waals surface area contributed by atoms with E-state index < -0.39 is 0 Å². The van der Waals surface area contributed by atoms with Crippen LogP contribution in [-0.2, 0) is 11.2 Å². The summed E-state index contributed by atoms with van der Waals surface area (Å²) in [4.78, 5) is 15.6. The monoisotopic (exact) mass is 261 g/mol. The minimum atomic E-state index is 0.0657. The van der Waals surface area contributed by atoms with Crippen LogP contribution in [0.1, 0.15) is 30.5 Å². The van der Waals surface area contributed by atoms with Gasteiger partial charge in [-0.15, -0.1) is 0 Å². The zero-order valence-corrected chi connectivity index (χ0v) is 12.2. The van der Waals surface area contributed by atoms with E-state index in [9.17, 15) is 4.79 Å². The molecule has 0 bridgehead atoms. The molecule has 1 aliphatic heterocycles. The van der Waals surface area contributed by atoms with Crippen molar-refractivity contribution >= 4 is 11.6 Å². The predicted molar refractivity (Wildman–Crippen MR) is 78.3 cm³/mol. The summed E-state index contributed by atoms with van der Waals surface area (Å²) in [6, 6.07) is 6.60. The molecular formula is C15H23N3O. The van der Waals surface area contributed by atoms with Gasteiger partial charge in [0.1, 0.15) is 0 Å². The van der Waals surface area contributed by atoms with Gasteiger partial charge in [0.05, 0.1) is 0 Å². The molecule has 1 aromatic rings. The van der Waals surface area contributed by atoms with Gasteiger partial charge in [-0.25, -0.2) is 0 Å². The molecule has 2 unspecified atom stereocenters. The first kappa shape index (κ1) is 14.0. The van der Waals surface area contributed by atoms with E-state index in [1.54, 1.807) is 4.90 Å². The Morgan fingerprint density at radius 2 is 2.00 bits per heavy atom. The minimum Gasteiger partial charge on any atom is -0.326 e. The maximum Gasteiger partial charge on any atom is 0.227 e. The van der Waals surface area contributed by atoms with E-state index in [1.807, 2.05) is 34.1 Å². The molecule has 0 aliphatic carbocycles. The van der Waals surface area contributed by atoms with Gasteiger partial charge in [-0.3, -0.25) is 4.79 Å². The summed E-state index contributed by atoms with van der Waals surface area (Å²) in [5.74, 6) is 0.191. The van der Waals surface area contributed by atoms with Crippen molar-refractivity contribution in [3.05, 3.63) is 29.3 Å². The van der Waals surface area contributed by atoms with Crippen LogP contribution in [0.3, 0.4) is 0 Å². The van der Waals surface area contributed by atoms with Gasteiger partial charge in [-0.05, 0) is 44.6 Å². The first-order valence-corrected chi connectivity index (χ1v) is 6.73. The Labute approximate surface area is 115 Å². The maximum absolute atomic E-state index is 11.7. The molecule has 0 saturated carbocycles. The van der Waals surface area contributed by atoms with Crippen LogP contribution in [0.25, 0.3) is 0 Å². The van der Waals surface area contributed by atoms with Gasteiger partial charge in [-0.2, -0.15) is 0 Å². The first-order chi connectivity index (χ1) is 8.91. The van der Waals surface area contributed by atoms with Crippen molar-refractivity contribution in [2.24, 2.45) is 5.73 Å². The number of carbonyl (C=O) groups is 1. The Morgan fingerprint density at radius 3 is 2.58 bits per heavy atom. The van der Waals surface area contributed by atoms with Gasteiger partial charge in [0.15, 0.2) is 0 Å². The molecule has 1 amide bonds. The molecule has 2 N–H and O–H groups in total. The van der Waals surface area contributed by atoms with Crippen LogP contribution >= 0.6 is 0 Å². The Balaban J connectivity index is 2.38. The third-order valence-corrected chi connectivity index (χ3v) is 3.84. The Morgan fingerprint density at radius 1 is 1.32 bits per heavy atom. The van der Waals surface area contributed by atoms with Crippen LogP contribution in [0.2, 0.25) is 0 Å². The van der Waals surface area contributed by atoms with Crippen molar-refractivity contribution in [3.8, 4) is 0 Å². The first-order valence-electron chi connectivity index (χ1n) is 6.73. The highest BCUT2D eigenvalue weighted by molar-refractivity contribution is 5.95. The van der Waals surface area contributed by atoms with E-state index in [0.29, 0.717) is 6.42 Å². The number of fused-ring (bicyclic) bond motifs is 1. The zero-order valence-electron chi connectivity index (χ0n) is 12.2. The second kappa shape index (κ2) is 5.31. The summed E-state index contributed by atoms with van der Waals surface area (Å²) < 4.78 is 0. The molecule has 0 saturated heterocycles. The zero-order chi connectivity index (χ0) is 14.2. The lowest BCUT2D eigenvalue weighted by Gasteiger charge is -2.31. The van der Waals surface area contributed by atoms with Crippen molar-refractivity contribution in [1.29, 1.82) is 0 Å². The highest BCUT2D eigenvalue weighted by atomic mass is 16.2. The number of aryl methyl sites for hydroxylation is 1. The molecule has 1 aromatic carbocycles. The molecule has 0 radical (unpaired) electrons. The third-order valence-electron chi connectivity index (χ3n) is 3.84. The smallest absolute Gasteiger partial charge is 0.227 e. The third kappa shape index (κ3) is 2.65. The number of nitrogens with zero attached hydrogens (tertiary/aromatic N) is 2. The number of rotatable bonds is 3. The van der Waals surface area contributed by atoms with E-state index >= 15 is 0 Å². The second-order valence-electron chi connectivity index (χ2n) is 5.61. The molecule has 0 aromatic heterocycles. The lowest BCUT2D eigenvalue weighted by atomic mass is 9.93. The summed E-state index contributed by atoms with van der Waals surface area (Å²) >= 11 is 0. The quantitative estimate of drug-likeness (QED) is 0.898. The number of carbonyl (C=O) groups excluding carboxylic acids is 1. The molecule has 2 atom stereocenters. The van der Waals surface area contributed by atoms with Crippen LogP contribution in [-0.4, -0.2) is 38.0 Å². The highest BCUT2D eigenvalue weighted by Crippen LogP contribution is 2.31. The maximum atomic E-state index is 11.7. The SMILES string of the molecule is CC(N)C(c1ccc2c(c1)CCC(=O)N2C)N(C)C. The molecule has 0 spiro atoms. The molecule has 1 aliphatic rings. The van der Waals surface area contributed by atoms with E-state index in [0.717, 1.165) is 12.1 Å². The second-order valence-corrected chi connectivity index (χ2v) is 5.61. The van der Waals surface area contributed by atoms with Crippen molar-refractivity contribution in [3.63, 3.8) is 0 Å². The van der Waals surface area contributed by atoms with Crippen LogP contribution in [0.4, 0.5) is 5.69 Å². The lowest BCUT2D eigenvalue weighted by molar-refractivity contribution is -0.118. The van der Waals surface area contributed by atoms with Gasteiger partial charge in [0, 0.05) is 31.2 Å². The Kier molecular flexibility index (Phi) is 3.92. The fourth-order valence-electron chi connectivity index (χ4n) is 2.93. The number of hydrogen-bond donors (Lipinski definition) is 1. The molecule has 0 fully saturated rings. The minimum absolute atomic E-state index is 0.0657. The summed E-state index contributed by atoms with van der Waals surface area (Å²) in [5.41, 5.74) is 9.58. The van der Waals surface area contributed by atoms with Crippen LogP contribution in [0.15, 0.2) is 18.2 Å². The van der Waals surface area contributed by atoms with E-state index in [4.69, 9.17) is 5.73 Å². The number of hydrogen-bond acceptors (Lipinski definition) is 3.